The maximum atomic E-state index is 13.9. The SMILES string of the molecule is CCn1cc(-c2cc(Cn3ccn(C)c3=N)cc(C(=O)N[C@H](c3ccc(F)c(C)c3)C3CC3)c2)c(C(F)(F)F)n1. The standard InChI is InChI=1S/C29H30F4N6O/c1-4-39-16-23(26(36-39)29(31,32)33)21-12-18(15-38-10-9-37(3)28(38)34)13-22(14-21)27(40)35-25(19-5-6-19)20-7-8-24(30)17(2)11-20/h7-14,16,19,25,34H,4-6,15H2,1-3H3,(H,35,40)/t25-/m0/s1. The molecule has 2 aromatic heterocycles. The van der Waals surface area contributed by atoms with Crippen molar-refractivity contribution in [1.29, 1.82) is 5.41 Å². The zero-order valence-electron chi connectivity index (χ0n) is 22.4. The summed E-state index contributed by atoms with van der Waals surface area (Å²) >= 11 is 0. The van der Waals surface area contributed by atoms with Gasteiger partial charge in [-0.05, 0) is 79.1 Å². The molecule has 1 amide bonds. The van der Waals surface area contributed by atoms with E-state index >= 15 is 0 Å². The number of carbonyl (C=O) groups is 1. The summed E-state index contributed by atoms with van der Waals surface area (Å²) in [4.78, 5) is 13.6. The first-order chi connectivity index (χ1) is 18.9. The van der Waals surface area contributed by atoms with Crippen LogP contribution in [0.2, 0.25) is 0 Å². The van der Waals surface area contributed by atoms with Crippen LogP contribution in [0.1, 0.15) is 58.5 Å². The van der Waals surface area contributed by atoms with Gasteiger partial charge < -0.3 is 14.5 Å². The summed E-state index contributed by atoms with van der Waals surface area (Å²) in [6.45, 7) is 3.79. The number of halogens is 4. The molecule has 40 heavy (non-hydrogen) atoms. The smallest absolute Gasteiger partial charge is 0.345 e. The van der Waals surface area contributed by atoms with E-state index in [4.69, 9.17) is 5.41 Å². The van der Waals surface area contributed by atoms with Crippen molar-refractivity contribution in [3.8, 4) is 11.1 Å². The maximum absolute atomic E-state index is 13.9. The highest BCUT2D eigenvalue weighted by atomic mass is 19.4. The number of alkyl halides is 3. The van der Waals surface area contributed by atoms with Gasteiger partial charge in [0.2, 0.25) is 5.62 Å². The number of amides is 1. The van der Waals surface area contributed by atoms with E-state index in [0.717, 1.165) is 18.4 Å². The molecule has 0 spiro atoms. The predicted molar refractivity (Wildman–Crippen MR) is 141 cm³/mol. The number of imidazole rings is 1. The number of hydrogen-bond donors (Lipinski definition) is 2. The Morgan fingerprint density at radius 2 is 1.93 bits per heavy atom. The van der Waals surface area contributed by atoms with E-state index < -0.39 is 17.8 Å². The molecule has 1 fully saturated rings. The highest BCUT2D eigenvalue weighted by Crippen LogP contribution is 2.42. The number of aryl methyl sites for hydroxylation is 3. The molecule has 7 nitrogen and oxygen atoms in total. The van der Waals surface area contributed by atoms with Gasteiger partial charge in [-0.25, -0.2) is 4.39 Å². The van der Waals surface area contributed by atoms with Crippen molar-refractivity contribution >= 4 is 5.91 Å². The van der Waals surface area contributed by atoms with Gasteiger partial charge in [0.25, 0.3) is 5.91 Å². The van der Waals surface area contributed by atoms with Crippen molar-refractivity contribution in [3.63, 3.8) is 0 Å². The van der Waals surface area contributed by atoms with Crippen LogP contribution in [0.25, 0.3) is 11.1 Å². The molecule has 1 saturated carbocycles. The lowest BCUT2D eigenvalue weighted by molar-refractivity contribution is -0.141. The van der Waals surface area contributed by atoms with Crippen LogP contribution in [0.15, 0.2) is 55.0 Å². The highest BCUT2D eigenvalue weighted by molar-refractivity contribution is 5.96. The molecule has 4 aromatic rings. The van der Waals surface area contributed by atoms with Gasteiger partial charge in [0.05, 0.1) is 12.6 Å². The number of aromatic nitrogens is 4. The van der Waals surface area contributed by atoms with Crippen molar-refractivity contribution in [1.82, 2.24) is 24.2 Å². The van der Waals surface area contributed by atoms with Crippen molar-refractivity contribution < 1.29 is 22.4 Å². The van der Waals surface area contributed by atoms with E-state index in [9.17, 15) is 22.4 Å². The number of carbonyl (C=O) groups excluding carboxylic acids is 1. The van der Waals surface area contributed by atoms with Gasteiger partial charge in [0, 0.05) is 43.3 Å². The van der Waals surface area contributed by atoms with Crippen LogP contribution in [0.4, 0.5) is 17.6 Å². The van der Waals surface area contributed by atoms with E-state index in [0.29, 0.717) is 11.1 Å². The third-order valence-corrected chi connectivity index (χ3v) is 7.27. The Labute approximate surface area is 228 Å². The Kier molecular flexibility index (Phi) is 7.16. The minimum Gasteiger partial charge on any atom is -0.345 e. The lowest BCUT2D eigenvalue weighted by Gasteiger charge is -2.20. The van der Waals surface area contributed by atoms with Crippen LogP contribution >= 0.6 is 0 Å². The Morgan fingerprint density at radius 1 is 1.18 bits per heavy atom. The summed E-state index contributed by atoms with van der Waals surface area (Å²) in [5, 5.41) is 15.0. The molecule has 1 aliphatic carbocycles. The first kappa shape index (κ1) is 27.4. The van der Waals surface area contributed by atoms with Gasteiger partial charge in [-0.15, -0.1) is 0 Å². The van der Waals surface area contributed by atoms with Gasteiger partial charge in [-0.2, -0.15) is 18.3 Å². The summed E-state index contributed by atoms with van der Waals surface area (Å²) in [6, 6.07) is 9.09. The van der Waals surface area contributed by atoms with E-state index in [2.05, 4.69) is 10.4 Å². The maximum Gasteiger partial charge on any atom is 0.435 e. The minimum atomic E-state index is -4.69. The summed E-state index contributed by atoms with van der Waals surface area (Å²) < 4.78 is 60.2. The molecule has 210 valence electrons. The Bertz CT molecular complexity index is 1630. The van der Waals surface area contributed by atoms with Crippen molar-refractivity contribution in [2.75, 3.05) is 0 Å². The molecular formula is C29H30F4N6O. The first-order valence-corrected chi connectivity index (χ1v) is 13.1. The van der Waals surface area contributed by atoms with E-state index in [1.807, 2.05) is 0 Å². The quantitative estimate of drug-likeness (QED) is 0.279. The molecule has 1 aliphatic rings. The molecule has 2 heterocycles. The summed E-state index contributed by atoms with van der Waals surface area (Å²) in [5.41, 5.74) is 1.27. The third kappa shape index (κ3) is 5.59. The Hall–Kier alpha value is -4.15. The Morgan fingerprint density at radius 3 is 2.52 bits per heavy atom. The normalized spacial score (nSPS) is 14.4. The summed E-state index contributed by atoms with van der Waals surface area (Å²) in [7, 11) is 1.72. The zero-order chi connectivity index (χ0) is 28.8. The van der Waals surface area contributed by atoms with Crippen LogP contribution in [0.3, 0.4) is 0 Å². The molecule has 2 N–H and O–H groups in total. The van der Waals surface area contributed by atoms with E-state index in [1.165, 1.54) is 23.0 Å². The fraction of sp³-hybridized carbons (Fsp3) is 0.345. The molecule has 1 atom stereocenters. The second-order valence-electron chi connectivity index (χ2n) is 10.3. The largest absolute Gasteiger partial charge is 0.435 e. The van der Waals surface area contributed by atoms with Crippen molar-refractivity contribution in [2.45, 2.75) is 52.0 Å². The van der Waals surface area contributed by atoms with Crippen LogP contribution < -0.4 is 10.9 Å². The van der Waals surface area contributed by atoms with Crippen LogP contribution in [-0.2, 0) is 26.3 Å². The Balaban J connectivity index is 1.57. The number of benzene rings is 2. The molecule has 11 heteroatoms. The highest BCUT2D eigenvalue weighted by Gasteiger charge is 2.38. The number of nitrogens with one attached hydrogen (secondary N) is 2. The molecule has 2 aromatic carbocycles. The minimum absolute atomic E-state index is 0.123. The van der Waals surface area contributed by atoms with E-state index in [1.54, 1.807) is 66.7 Å². The monoisotopic (exact) mass is 554 g/mol. The first-order valence-electron chi connectivity index (χ1n) is 13.1. The van der Waals surface area contributed by atoms with Crippen LogP contribution in [0, 0.1) is 24.1 Å². The number of rotatable bonds is 8. The molecule has 0 radical (unpaired) electrons. The third-order valence-electron chi connectivity index (χ3n) is 7.27. The summed E-state index contributed by atoms with van der Waals surface area (Å²) in [6.07, 6.45) is 1.88. The molecular weight excluding hydrogens is 524 g/mol. The molecule has 0 bridgehead atoms. The van der Waals surface area contributed by atoms with Crippen LogP contribution in [0.5, 0.6) is 0 Å². The van der Waals surface area contributed by atoms with Crippen LogP contribution in [-0.4, -0.2) is 24.8 Å². The summed E-state index contributed by atoms with van der Waals surface area (Å²) in [5.74, 6) is -0.577. The topological polar surface area (TPSA) is 80.6 Å². The van der Waals surface area contributed by atoms with Gasteiger partial charge >= 0.3 is 6.18 Å². The van der Waals surface area contributed by atoms with Gasteiger partial charge in [-0.1, -0.05) is 12.1 Å². The molecule has 0 unspecified atom stereocenters. The number of hydrogen-bond acceptors (Lipinski definition) is 3. The second kappa shape index (κ2) is 10.4. The van der Waals surface area contributed by atoms with Gasteiger partial charge in [-0.3, -0.25) is 14.9 Å². The van der Waals surface area contributed by atoms with Crippen molar-refractivity contribution in [3.05, 3.63) is 94.4 Å². The molecule has 5 rings (SSSR count). The predicted octanol–water partition coefficient (Wildman–Crippen LogP) is 5.59. The molecule has 0 saturated heterocycles. The fourth-order valence-electron chi connectivity index (χ4n) is 4.91. The lowest BCUT2D eigenvalue weighted by atomic mass is 9.97. The zero-order valence-corrected chi connectivity index (χ0v) is 22.4. The van der Waals surface area contributed by atoms with E-state index in [-0.39, 0.29) is 53.2 Å². The molecule has 0 aliphatic heterocycles. The fourth-order valence-corrected chi connectivity index (χ4v) is 4.91. The van der Waals surface area contributed by atoms with Gasteiger partial charge in [0.15, 0.2) is 5.69 Å². The average Bonchev–Trinajstić information content (AvgIpc) is 3.57. The second-order valence-corrected chi connectivity index (χ2v) is 10.3. The average molecular weight is 555 g/mol. The lowest BCUT2D eigenvalue weighted by Crippen LogP contribution is -2.30. The van der Waals surface area contributed by atoms with Crippen molar-refractivity contribution in [2.24, 2.45) is 13.0 Å². The van der Waals surface area contributed by atoms with Gasteiger partial charge in [0.1, 0.15) is 5.82 Å². The number of nitrogens with zero attached hydrogens (tertiary/aromatic N) is 4.